The van der Waals surface area contributed by atoms with Gasteiger partial charge in [0.25, 0.3) is 0 Å². The van der Waals surface area contributed by atoms with Crippen LogP contribution in [0, 0.1) is 0 Å². The highest BCUT2D eigenvalue weighted by Crippen LogP contribution is 2.39. The zero-order valence-corrected chi connectivity index (χ0v) is 15.3. The standard InChI is InChI=1S/C18H16N4O3S/c1-23-12-7-4-6-11(10-12)16-19-20-18-22(16)21-17(26-18)13-8-5-9-14(24-2)15(13)25-3/h4-10H,1-3H3. The Bertz CT molecular complexity index is 1070. The number of methoxy groups -OCH3 is 3. The molecule has 0 aliphatic carbocycles. The van der Waals surface area contributed by atoms with Crippen LogP contribution in [-0.2, 0) is 0 Å². The van der Waals surface area contributed by atoms with E-state index in [9.17, 15) is 0 Å². The molecule has 26 heavy (non-hydrogen) atoms. The molecule has 0 aliphatic heterocycles. The maximum absolute atomic E-state index is 5.52. The zero-order valence-electron chi connectivity index (χ0n) is 14.5. The minimum Gasteiger partial charge on any atom is -0.497 e. The first-order valence-electron chi connectivity index (χ1n) is 7.83. The molecule has 8 heteroatoms. The van der Waals surface area contributed by atoms with E-state index in [-0.39, 0.29) is 0 Å². The van der Waals surface area contributed by atoms with Gasteiger partial charge in [-0.25, -0.2) is 0 Å². The van der Waals surface area contributed by atoms with Crippen LogP contribution < -0.4 is 14.2 Å². The highest BCUT2D eigenvalue weighted by Gasteiger charge is 2.19. The van der Waals surface area contributed by atoms with Crippen molar-refractivity contribution in [3.63, 3.8) is 0 Å². The van der Waals surface area contributed by atoms with Gasteiger partial charge in [-0.3, -0.25) is 0 Å². The summed E-state index contributed by atoms with van der Waals surface area (Å²) in [7, 11) is 4.86. The smallest absolute Gasteiger partial charge is 0.235 e. The Morgan fingerprint density at radius 3 is 2.54 bits per heavy atom. The number of aromatic nitrogens is 4. The molecule has 2 aromatic carbocycles. The minimum atomic E-state index is 0.642. The SMILES string of the molecule is COc1cccc(-c2nnc3sc(-c4cccc(OC)c4OC)nn23)c1. The monoisotopic (exact) mass is 368 g/mol. The maximum atomic E-state index is 5.52. The van der Waals surface area contributed by atoms with Crippen molar-refractivity contribution in [1.82, 2.24) is 19.8 Å². The summed E-state index contributed by atoms with van der Waals surface area (Å²) in [6.07, 6.45) is 0. The Morgan fingerprint density at radius 2 is 1.77 bits per heavy atom. The van der Waals surface area contributed by atoms with E-state index in [2.05, 4.69) is 10.2 Å². The van der Waals surface area contributed by atoms with Gasteiger partial charge in [-0.2, -0.15) is 9.61 Å². The number of para-hydroxylation sites is 1. The summed E-state index contributed by atoms with van der Waals surface area (Å²) in [5.74, 6) is 2.71. The first-order valence-corrected chi connectivity index (χ1v) is 8.65. The number of hydrogen-bond donors (Lipinski definition) is 0. The largest absolute Gasteiger partial charge is 0.497 e. The molecule has 0 radical (unpaired) electrons. The third-order valence-corrected chi connectivity index (χ3v) is 4.88. The Morgan fingerprint density at radius 1 is 0.923 bits per heavy atom. The fourth-order valence-electron chi connectivity index (χ4n) is 2.72. The van der Waals surface area contributed by atoms with Crippen molar-refractivity contribution in [1.29, 1.82) is 0 Å². The van der Waals surface area contributed by atoms with Crippen LogP contribution in [0.15, 0.2) is 42.5 Å². The van der Waals surface area contributed by atoms with Crippen molar-refractivity contribution in [2.75, 3.05) is 21.3 Å². The van der Waals surface area contributed by atoms with Crippen LogP contribution in [0.25, 0.3) is 26.9 Å². The molecule has 4 rings (SSSR count). The molecule has 132 valence electrons. The second-order valence-corrected chi connectivity index (χ2v) is 6.35. The summed E-state index contributed by atoms with van der Waals surface area (Å²) in [5, 5.41) is 14.0. The molecule has 0 saturated carbocycles. The van der Waals surface area contributed by atoms with Crippen molar-refractivity contribution >= 4 is 16.3 Å². The summed E-state index contributed by atoms with van der Waals surface area (Å²) in [6, 6.07) is 13.3. The van der Waals surface area contributed by atoms with Crippen LogP contribution in [0.1, 0.15) is 0 Å². The first kappa shape index (κ1) is 16.3. The van der Waals surface area contributed by atoms with E-state index in [1.165, 1.54) is 11.3 Å². The molecule has 0 aliphatic rings. The maximum Gasteiger partial charge on any atom is 0.235 e. The number of hydrogen-bond acceptors (Lipinski definition) is 7. The molecule has 0 amide bonds. The number of fused-ring (bicyclic) bond motifs is 1. The van der Waals surface area contributed by atoms with E-state index >= 15 is 0 Å². The van der Waals surface area contributed by atoms with Crippen LogP contribution in [0.3, 0.4) is 0 Å². The van der Waals surface area contributed by atoms with Gasteiger partial charge in [-0.05, 0) is 24.3 Å². The third-order valence-electron chi connectivity index (χ3n) is 3.95. The Hall–Kier alpha value is -3.13. The van der Waals surface area contributed by atoms with Gasteiger partial charge in [0.2, 0.25) is 4.96 Å². The van der Waals surface area contributed by atoms with Crippen LogP contribution in [0.2, 0.25) is 0 Å². The molecule has 2 heterocycles. The van der Waals surface area contributed by atoms with E-state index in [0.717, 1.165) is 21.9 Å². The van der Waals surface area contributed by atoms with Gasteiger partial charge in [0.05, 0.1) is 26.9 Å². The van der Waals surface area contributed by atoms with Gasteiger partial charge < -0.3 is 14.2 Å². The lowest BCUT2D eigenvalue weighted by Gasteiger charge is -2.10. The molecule has 0 bridgehead atoms. The molecule has 0 spiro atoms. The summed E-state index contributed by atoms with van der Waals surface area (Å²) in [5.41, 5.74) is 1.73. The average molecular weight is 368 g/mol. The van der Waals surface area contributed by atoms with Crippen LogP contribution in [0.4, 0.5) is 0 Å². The lowest BCUT2D eigenvalue weighted by atomic mass is 10.2. The zero-order chi connectivity index (χ0) is 18.1. The molecule has 0 N–H and O–H groups in total. The second-order valence-electron chi connectivity index (χ2n) is 5.40. The molecule has 4 aromatic rings. The van der Waals surface area contributed by atoms with E-state index < -0.39 is 0 Å². The Labute approximate surface area is 153 Å². The molecular weight excluding hydrogens is 352 g/mol. The van der Waals surface area contributed by atoms with Gasteiger partial charge in [-0.15, -0.1) is 10.2 Å². The normalized spacial score (nSPS) is 10.9. The molecule has 0 fully saturated rings. The van der Waals surface area contributed by atoms with Crippen molar-refractivity contribution in [2.45, 2.75) is 0 Å². The van der Waals surface area contributed by atoms with Crippen molar-refractivity contribution in [3.05, 3.63) is 42.5 Å². The Kier molecular flexibility index (Phi) is 4.18. The fraction of sp³-hybridized carbons (Fsp3) is 0.167. The van der Waals surface area contributed by atoms with Gasteiger partial charge in [-0.1, -0.05) is 29.5 Å². The molecule has 0 saturated heterocycles. The highest BCUT2D eigenvalue weighted by atomic mass is 32.1. The van der Waals surface area contributed by atoms with Crippen molar-refractivity contribution in [3.8, 4) is 39.2 Å². The van der Waals surface area contributed by atoms with Gasteiger partial charge in [0.1, 0.15) is 5.75 Å². The number of nitrogens with zero attached hydrogens (tertiary/aromatic N) is 4. The van der Waals surface area contributed by atoms with E-state index in [1.807, 2.05) is 42.5 Å². The number of rotatable bonds is 5. The number of ether oxygens (including phenoxy) is 3. The molecule has 7 nitrogen and oxygen atoms in total. The first-order chi connectivity index (χ1) is 12.7. The second kappa shape index (κ2) is 6.64. The predicted molar refractivity (Wildman–Crippen MR) is 99.2 cm³/mol. The van der Waals surface area contributed by atoms with Crippen molar-refractivity contribution < 1.29 is 14.2 Å². The molecular formula is C18H16N4O3S. The van der Waals surface area contributed by atoms with Gasteiger partial charge in [0, 0.05) is 5.56 Å². The van der Waals surface area contributed by atoms with Gasteiger partial charge >= 0.3 is 0 Å². The molecule has 0 unspecified atom stereocenters. The van der Waals surface area contributed by atoms with Crippen LogP contribution in [-0.4, -0.2) is 41.1 Å². The van der Waals surface area contributed by atoms with Crippen LogP contribution in [0.5, 0.6) is 17.2 Å². The summed E-state index contributed by atoms with van der Waals surface area (Å²) >= 11 is 1.44. The lowest BCUT2D eigenvalue weighted by molar-refractivity contribution is 0.356. The quantitative estimate of drug-likeness (QED) is 0.537. The average Bonchev–Trinajstić information content (AvgIpc) is 3.27. The highest BCUT2D eigenvalue weighted by molar-refractivity contribution is 7.19. The Balaban J connectivity index is 1.84. The summed E-state index contributed by atoms with van der Waals surface area (Å²) < 4.78 is 17.9. The summed E-state index contributed by atoms with van der Waals surface area (Å²) in [4.78, 5) is 0.697. The topological polar surface area (TPSA) is 70.8 Å². The van der Waals surface area contributed by atoms with Gasteiger partial charge in [0.15, 0.2) is 22.3 Å². The summed E-state index contributed by atoms with van der Waals surface area (Å²) in [6.45, 7) is 0. The van der Waals surface area contributed by atoms with E-state index in [1.54, 1.807) is 25.8 Å². The third kappa shape index (κ3) is 2.64. The van der Waals surface area contributed by atoms with Crippen molar-refractivity contribution in [2.24, 2.45) is 0 Å². The minimum absolute atomic E-state index is 0.642. The lowest BCUT2D eigenvalue weighted by Crippen LogP contribution is -1.95. The van der Waals surface area contributed by atoms with E-state index in [4.69, 9.17) is 19.3 Å². The number of benzene rings is 2. The predicted octanol–water partition coefficient (Wildman–Crippen LogP) is 3.55. The van der Waals surface area contributed by atoms with Crippen LogP contribution >= 0.6 is 11.3 Å². The molecule has 2 aromatic heterocycles. The molecule has 0 atom stereocenters. The van der Waals surface area contributed by atoms with E-state index in [0.29, 0.717) is 22.3 Å². The fourth-order valence-corrected chi connectivity index (χ4v) is 3.59.